The van der Waals surface area contributed by atoms with Crippen molar-refractivity contribution in [3.05, 3.63) is 65.9 Å². The minimum Gasteiger partial charge on any atom is -0.295 e. The highest BCUT2D eigenvalue weighted by molar-refractivity contribution is 5.95. The van der Waals surface area contributed by atoms with Crippen molar-refractivity contribution >= 4 is 16.7 Å². The number of carbonyl (C=O) groups excluding carboxylic acids is 1. The van der Waals surface area contributed by atoms with Crippen molar-refractivity contribution in [2.45, 2.75) is 6.92 Å². The zero-order valence-electron chi connectivity index (χ0n) is 11.5. The van der Waals surface area contributed by atoms with Crippen LogP contribution < -0.4 is 0 Å². The molecule has 0 atom stereocenters. The second-order valence-electron chi connectivity index (χ2n) is 4.82. The summed E-state index contributed by atoms with van der Waals surface area (Å²) in [7, 11) is 0. The molecular weight excluding hydrogens is 260 g/mol. The number of carbonyl (C=O) groups is 1. The Hall–Kier alpha value is -2.99. The number of rotatable bonds is 2. The first-order chi connectivity index (χ1) is 10.2. The molecule has 0 N–H and O–H groups in total. The average molecular weight is 272 g/mol. The van der Waals surface area contributed by atoms with Crippen LogP contribution in [0.1, 0.15) is 23.0 Å². The number of pyridine rings is 1. The monoisotopic (exact) mass is 272 g/mol. The van der Waals surface area contributed by atoms with Gasteiger partial charge in [-0.1, -0.05) is 42.5 Å². The van der Waals surface area contributed by atoms with Gasteiger partial charge in [-0.2, -0.15) is 5.26 Å². The molecule has 1 heterocycles. The SMILES string of the molecule is CC(=O)c1ccc(-c2cc3ccccc3nc2C#N)cc1. The van der Waals surface area contributed by atoms with Crippen LogP contribution in [0.15, 0.2) is 54.6 Å². The molecule has 0 fully saturated rings. The van der Waals surface area contributed by atoms with E-state index in [-0.39, 0.29) is 5.78 Å². The molecule has 3 heteroatoms. The molecule has 100 valence electrons. The van der Waals surface area contributed by atoms with E-state index in [1.54, 1.807) is 12.1 Å². The van der Waals surface area contributed by atoms with Crippen LogP contribution in [0.3, 0.4) is 0 Å². The minimum absolute atomic E-state index is 0.0266. The highest BCUT2D eigenvalue weighted by atomic mass is 16.1. The van der Waals surface area contributed by atoms with Gasteiger partial charge in [-0.25, -0.2) is 4.98 Å². The summed E-state index contributed by atoms with van der Waals surface area (Å²) in [4.78, 5) is 15.7. The molecule has 0 radical (unpaired) electrons. The first kappa shape index (κ1) is 13.0. The van der Waals surface area contributed by atoms with E-state index in [1.165, 1.54) is 6.92 Å². The van der Waals surface area contributed by atoms with Crippen LogP contribution in [0.4, 0.5) is 0 Å². The van der Waals surface area contributed by atoms with Crippen molar-refractivity contribution in [3.63, 3.8) is 0 Å². The lowest BCUT2D eigenvalue weighted by atomic mass is 10.00. The molecule has 0 unspecified atom stereocenters. The van der Waals surface area contributed by atoms with E-state index in [0.717, 1.165) is 22.0 Å². The zero-order chi connectivity index (χ0) is 14.8. The first-order valence-electron chi connectivity index (χ1n) is 6.60. The van der Waals surface area contributed by atoms with E-state index in [1.807, 2.05) is 42.5 Å². The number of para-hydroxylation sites is 1. The molecule has 3 aromatic rings. The highest BCUT2D eigenvalue weighted by Crippen LogP contribution is 2.26. The van der Waals surface area contributed by atoms with Crippen LogP contribution in [0.5, 0.6) is 0 Å². The summed E-state index contributed by atoms with van der Waals surface area (Å²) in [6.45, 7) is 1.54. The van der Waals surface area contributed by atoms with E-state index >= 15 is 0 Å². The minimum atomic E-state index is 0.0266. The molecule has 3 rings (SSSR count). The number of nitriles is 1. The van der Waals surface area contributed by atoms with Gasteiger partial charge in [0.1, 0.15) is 11.8 Å². The molecule has 0 aliphatic carbocycles. The van der Waals surface area contributed by atoms with Crippen molar-refractivity contribution in [3.8, 4) is 17.2 Å². The van der Waals surface area contributed by atoms with Crippen LogP contribution >= 0.6 is 0 Å². The largest absolute Gasteiger partial charge is 0.295 e. The molecule has 2 aromatic carbocycles. The molecule has 3 nitrogen and oxygen atoms in total. The van der Waals surface area contributed by atoms with Gasteiger partial charge in [-0.05, 0) is 24.6 Å². The van der Waals surface area contributed by atoms with Crippen LogP contribution in [0.2, 0.25) is 0 Å². The normalized spacial score (nSPS) is 10.3. The van der Waals surface area contributed by atoms with Crippen LogP contribution in [-0.4, -0.2) is 10.8 Å². The van der Waals surface area contributed by atoms with Crippen LogP contribution in [0.25, 0.3) is 22.0 Å². The van der Waals surface area contributed by atoms with E-state index in [2.05, 4.69) is 11.1 Å². The Balaban J connectivity index is 2.19. The molecule has 0 aliphatic heterocycles. The van der Waals surface area contributed by atoms with E-state index in [4.69, 9.17) is 0 Å². The topological polar surface area (TPSA) is 53.8 Å². The Morgan fingerprint density at radius 3 is 2.48 bits per heavy atom. The molecular formula is C18H12N2O. The number of nitrogens with zero attached hydrogens (tertiary/aromatic N) is 2. The van der Waals surface area contributed by atoms with Crippen molar-refractivity contribution in [1.82, 2.24) is 4.98 Å². The quantitative estimate of drug-likeness (QED) is 0.663. The summed E-state index contributed by atoms with van der Waals surface area (Å²) in [5.41, 5.74) is 3.52. The van der Waals surface area contributed by atoms with Crippen LogP contribution in [0, 0.1) is 11.3 Å². The van der Waals surface area contributed by atoms with Gasteiger partial charge in [0.2, 0.25) is 0 Å². The fraction of sp³-hybridized carbons (Fsp3) is 0.0556. The number of Topliss-reactive ketones (excluding diaryl/α,β-unsaturated/α-hetero) is 1. The Morgan fingerprint density at radius 1 is 1.10 bits per heavy atom. The highest BCUT2D eigenvalue weighted by Gasteiger charge is 2.09. The Bertz CT molecular complexity index is 874. The summed E-state index contributed by atoms with van der Waals surface area (Å²) >= 11 is 0. The van der Waals surface area contributed by atoms with Gasteiger partial charge in [0.25, 0.3) is 0 Å². The standard InChI is InChI=1S/C18H12N2O/c1-12(21)13-6-8-14(9-7-13)16-10-15-4-2-3-5-17(15)20-18(16)11-19/h2-10H,1H3. The van der Waals surface area contributed by atoms with Gasteiger partial charge < -0.3 is 0 Å². The van der Waals surface area contributed by atoms with Crippen molar-refractivity contribution in [2.24, 2.45) is 0 Å². The lowest BCUT2D eigenvalue weighted by Crippen LogP contribution is -1.93. The maximum atomic E-state index is 11.3. The van der Waals surface area contributed by atoms with E-state index in [0.29, 0.717) is 11.3 Å². The second kappa shape index (κ2) is 5.18. The van der Waals surface area contributed by atoms with Gasteiger partial charge in [0.05, 0.1) is 5.52 Å². The molecule has 0 aliphatic rings. The molecule has 21 heavy (non-hydrogen) atoms. The third-order valence-electron chi connectivity index (χ3n) is 3.43. The van der Waals surface area contributed by atoms with Gasteiger partial charge >= 0.3 is 0 Å². The number of hydrogen-bond donors (Lipinski definition) is 0. The molecule has 1 aromatic heterocycles. The predicted octanol–water partition coefficient (Wildman–Crippen LogP) is 3.98. The third-order valence-corrected chi connectivity index (χ3v) is 3.43. The maximum absolute atomic E-state index is 11.3. The predicted molar refractivity (Wildman–Crippen MR) is 81.9 cm³/mol. The van der Waals surface area contributed by atoms with Crippen molar-refractivity contribution < 1.29 is 4.79 Å². The van der Waals surface area contributed by atoms with Crippen LogP contribution in [-0.2, 0) is 0 Å². The Morgan fingerprint density at radius 2 is 1.81 bits per heavy atom. The fourth-order valence-corrected chi connectivity index (χ4v) is 2.31. The molecule has 0 spiro atoms. The zero-order valence-corrected chi connectivity index (χ0v) is 11.5. The lowest BCUT2D eigenvalue weighted by Gasteiger charge is -2.07. The summed E-state index contributed by atoms with van der Waals surface area (Å²) in [6, 6.07) is 19.1. The number of hydrogen-bond acceptors (Lipinski definition) is 3. The average Bonchev–Trinajstić information content (AvgIpc) is 2.53. The summed E-state index contributed by atoms with van der Waals surface area (Å²) in [6.07, 6.45) is 0. The second-order valence-corrected chi connectivity index (χ2v) is 4.82. The number of benzene rings is 2. The summed E-state index contributed by atoms with van der Waals surface area (Å²) < 4.78 is 0. The van der Waals surface area contributed by atoms with Gasteiger partial charge in [0, 0.05) is 16.5 Å². The maximum Gasteiger partial charge on any atom is 0.159 e. The summed E-state index contributed by atoms with van der Waals surface area (Å²) in [5, 5.41) is 10.3. The Labute approximate surface area is 122 Å². The van der Waals surface area contributed by atoms with Gasteiger partial charge in [-0.3, -0.25) is 4.79 Å². The van der Waals surface area contributed by atoms with E-state index in [9.17, 15) is 10.1 Å². The molecule has 0 bridgehead atoms. The van der Waals surface area contributed by atoms with Crippen molar-refractivity contribution in [2.75, 3.05) is 0 Å². The first-order valence-corrected chi connectivity index (χ1v) is 6.60. The number of fused-ring (bicyclic) bond motifs is 1. The lowest BCUT2D eigenvalue weighted by molar-refractivity contribution is 0.101. The Kier molecular flexibility index (Phi) is 3.21. The molecule has 0 saturated heterocycles. The van der Waals surface area contributed by atoms with Gasteiger partial charge in [-0.15, -0.1) is 0 Å². The van der Waals surface area contributed by atoms with Gasteiger partial charge in [0.15, 0.2) is 5.78 Å². The van der Waals surface area contributed by atoms with E-state index < -0.39 is 0 Å². The molecule has 0 amide bonds. The molecule has 0 saturated carbocycles. The number of ketones is 1. The fourth-order valence-electron chi connectivity index (χ4n) is 2.31. The summed E-state index contributed by atoms with van der Waals surface area (Å²) in [5.74, 6) is 0.0266. The number of aromatic nitrogens is 1. The van der Waals surface area contributed by atoms with Crippen molar-refractivity contribution in [1.29, 1.82) is 5.26 Å². The smallest absolute Gasteiger partial charge is 0.159 e. The third kappa shape index (κ3) is 2.39.